The highest BCUT2D eigenvalue weighted by molar-refractivity contribution is 9.10. The van der Waals surface area contributed by atoms with Gasteiger partial charge in [0.2, 0.25) is 0 Å². The molecule has 0 heterocycles. The summed E-state index contributed by atoms with van der Waals surface area (Å²) in [5.41, 5.74) is 0.968. The van der Waals surface area contributed by atoms with Crippen LogP contribution in [0, 0.1) is 0 Å². The minimum atomic E-state index is -0.912. The van der Waals surface area contributed by atoms with Crippen LogP contribution in [0.25, 0.3) is 0 Å². The molecule has 1 aromatic carbocycles. The van der Waals surface area contributed by atoms with Crippen LogP contribution < -0.4 is 5.32 Å². The Morgan fingerprint density at radius 3 is 2.86 bits per heavy atom. The van der Waals surface area contributed by atoms with E-state index in [9.17, 15) is 4.79 Å². The Labute approximate surface area is 91.3 Å². The van der Waals surface area contributed by atoms with Crippen molar-refractivity contribution in [2.45, 2.75) is 13.3 Å². The van der Waals surface area contributed by atoms with Crippen molar-refractivity contribution in [3.8, 4) is 0 Å². The van der Waals surface area contributed by atoms with Crippen LogP contribution in [-0.4, -0.2) is 17.6 Å². The largest absolute Gasteiger partial charge is 0.478 e. The molecule has 0 aliphatic rings. The van der Waals surface area contributed by atoms with Gasteiger partial charge < -0.3 is 10.4 Å². The summed E-state index contributed by atoms with van der Waals surface area (Å²) in [6.07, 6.45) is 0.967. The number of halogens is 1. The summed E-state index contributed by atoms with van der Waals surface area (Å²) in [5.74, 6) is -0.912. The number of hydrogen-bond acceptors (Lipinski definition) is 2. The molecule has 3 nitrogen and oxygen atoms in total. The molecule has 0 radical (unpaired) electrons. The zero-order chi connectivity index (χ0) is 10.6. The summed E-state index contributed by atoms with van der Waals surface area (Å²) in [6, 6.07) is 5.19. The smallest absolute Gasteiger partial charge is 0.337 e. The Hall–Kier alpha value is -1.03. The van der Waals surface area contributed by atoms with Crippen LogP contribution in [0.1, 0.15) is 23.7 Å². The first-order chi connectivity index (χ1) is 6.65. The van der Waals surface area contributed by atoms with Crippen LogP contribution in [0.15, 0.2) is 22.7 Å². The molecule has 0 aliphatic heterocycles. The molecule has 0 bridgehead atoms. The average molecular weight is 258 g/mol. The third-order valence-corrected chi connectivity index (χ3v) is 2.27. The second-order valence-corrected chi connectivity index (χ2v) is 3.84. The first-order valence-electron chi connectivity index (χ1n) is 4.42. The van der Waals surface area contributed by atoms with Gasteiger partial charge in [0.1, 0.15) is 0 Å². The number of carboxylic acid groups (broad SMARTS) is 1. The number of anilines is 1. The van der Waals surface area contributed by atoms with Gasteiger partial charge >= 0.3 is 5.97 Å². The molecule has 1 rings (SSSR count). The van der Waals surface area contributed by atoms with Crippen LogP contribution >= 0.6 is 15.9 Å². The Kier molecular flexibility index (Phi) is 3.95. The van der Waals surface area contributed by atoms with Crippen molar-refractivity contribution >= 4 is 27.6 Å². The van der Waals surface area contributed by atoms with E-state index in [2.05, 4.69) is 21.2 Å². The molecule has 0 unspecified atom stereocenters. The number of aromatic carboxylic acids is 1. The lowest BCUT2D eigenvalue weighted by Crippen LogP contribution is -2.06. The van der Waals surface area contributed by atoms with Crippen molar-refractivity contribution in [2.75, 3.05) is 11.9 Å². The number of benzene rings is 1. The van der Waals surface area contributed by atoms with E-state index in [0.29, 0.717) is 11.3 Å². The molecular weight excluding hydrogens is 246 g/mol. The first kappa shape index (κ1) is 11.0. The maximum absolute atomic E-state index is 10.9. The number of hydrogen-bond donors (Lipinski definition) is 2. The molecule has 0 saturated carbocycles. The highest BCUT2D eigenvalue weighted by Gasteiger charge is 2.09. The minimum Gasteiger partial charge on any atom is -0.478 e. The third kappa shape index (κ3) is 2.73. The second-order valence-electron chi connectivity index (χ2n) is 2.92. The summed E-state index contributed by atoms with van der Waals surface area (Å²) in [4.78, 5) is 10.9. The highest BCUT2D eigenvalue weighted by Crippen LogP contribution is 2.20. The van der Waals surface area contributed by atoms with Gasteiger partial charge in [0.25, 0.3) is 0 Å². The number of carboxylic acids is 1. The van der Waals surface area contributed by atoms with E-state index >= 15 is 0 Å². The van der Waals surface area contributed by atoms with Crippen LogP contribution in [0.3, 0.4) is 0 Å². The molecule has 1 aromatic rings. The Balaban J connectivity index is 2.96. The maximum Gasteiger partial charge on any atom is 0.337 e. The SMILES string of the molecule is CCCNc1ccc(Br)cc1C(=O)O. The highest BCUT2D eigenvalue weighted by atomic mass is 79.9. The van der Waals surface area contributed by atoms with Crippen molar-refractivity contribution in [1.82, 2.24) is 0 Å². The molecule has 76 valence electrons. The molecule has 0 saturated heterocycles. The lowest BCUT2D eigenvalue weighted by molar-refractivity contribution is 0.0698. The molecule has 0 aliphatic carbocycles. The summed E-state index contributed by atoms with van der Waals surface area (Å²) in [5, 5.41) is 12.0. The molecule has 0 amide bonds. The third-order valence-electron chi connectivity index (χ3n) is 1.78. The average Bonchev–Trinajstić information content (AvgIpc) is 2.15. The van der Waals surface area contributed by atoms with Crippen molar-refractivity contribution < 1.29 is 9.90 Å². The fraction of sp³-hybridized carbons (Fsp3) is 0.300. The molecule has 0 fully saturated rings. The van der Waals surface area contributed by atoms with E-state index in [0.717, 1.165) is 17.4 Å². The molecule has 2 N–H and O–H groups in total. The van der Waals surface area contributed by atoms with Gasteiger partial charge in [0, 0.05) is 16.7 Å². The second kappa shape index (κ2) is 5.00. The Morgan fingerprint density at radius 2 is 2.29 bits per heavy atom. The van der Waals surface area contributed by atoms with Gasteiger partial charge in [-0.15, -0.1) is 0 Å². The lowest BCUT2D eigenvalue weighted by Gasteiger charge is -2.08. The van der Waals surface area contributed by atoms with Gasteiger partial charge in [-0.05, 0) is 24.6 Å². The van der Waals surface area contributed by atoms with Gasteiger partial charge in [-0.1, -0.05) is 22.9 Å². The Bertz CT molecular complexity index is 339. The monoisotopic (exact) mass is 257 g/mol. The van der Waals surface area contributed by atoms with E-state index in [1.807, 2.05) is 13.0 Å². The van der Waals surface area contributed by atoms with Crippen molar-refractivity contribution in [3.63, 3.8) is 0 Å². The van der Waals surface area contributed by atoms with E-state index in [1.54, 1.807) is 12.1 Å². The zero-order valence-electron chi connectivity index (χ0n) is 7.88. The fourth-order valence-corrected chi connectivity index (χ4v) is 1.47. The molecular formula is C10H12BrNO2. The quantitative estimate of drug-likeness (QED) is 0.872. The normalized spacial score (nSPS) is 9.86. The topological polar surface area (TPSA) is 49.3 Å². The number of nitrogens with one attached hydrogen (secondary N) is 1. The molecule has 14 heavy (non-hydrogen) atoms. The Morgan fingerprint density at radius 1 is 1.57 bits per heavy atom. The van der Waals surface area contributed by atoms with Gasteiger partial charge in [0.15, 0.2) is 0 Å². The van der Waals surface area contributed by atoms with Crippen LogP contribution in [0.5, 0.6) is 0 Å². The van der Waals surface area contributed by atoms with Crippen molar-refractivity contribution in [3.05, 3.63) is 28.2 Å². The maximum atomic E-state index is 10.9. The standard InChI is InChI=1S/C10H12BrNO2/c1-2-5-12-9-4-3-7(11)6-8(9)10(13)14/h3-4,6,12H,2,5H2,1H3,(H,13,14). The number of carbonyl (C=O) groups is 1. The molecule has 4 heteroatoms. The van der Waals surface area contributed by atoms with Gasteiger partial charge in [0.05, 0.1) is 5.56 Å². The fourth-order valence-electron chi connectivity index (χ4n) is 1.11. The summed E-state index contributed by atoms with van der Waals surface area (Å²) in [6.45, 7) is 2.81. The molecule has 0 spiro atoms. The number of rotatable bonds is 4. The van der Waals surface area contributed by atoms with Crippen LogP contribution in [-0.2, 0) is 0 Å². The molecule has 0 atom stereocenters. The molecule has 0 aromatic heterocycles. The van der Waals surface area contributed by atoms with E-state index in [1.165, 1.54) is 0 Å². The predicted octanol–water partition coefficient (Wildman–Crippen LogP) is 2.97. The minimum absolute atomic E-state index is 0.299. The van der Waals surface area contributed by atoms with Gasteiger partial charge in [-0.3, -0.25) is 0 Å². The lowest BCUT2D eigenvalue weighted by atomic mass is 10.2. The van der Waals surface area contributed by atoms with Gasteiger partial charge in [-0.25, -0.2) is 4.79 Å². The van der Waals surface area contributed by atoms with E-state index in [-0.39, 0.29) is 0 Å². The van der Waals surface area contributed by atoms with Crippen molar-refractivity contribution in [2.24, 2.45) is 0 Å². The first-order valence-corrected chi connectivity index (χ1v) is 5.21. The van der Waals surface area contributed by atoms with Gasteiger partial charge in [-0.2, -0.15) is 0 Å². The van der Waals surface area contributed by atoms with Crippen LogP contribution in [0.4, 0.5) is 5.69 Å². The zero-order valence-corrected chi connectivity index (χ0v) is 9.47. The van der Waals surface area contributed by atoms with E-state index in [4.69, 9.17) is 5.11 Å². The van der Waals surface area contributed by atoms with Crippen LogP contribution in [0.2, 0.25) is 0 Å². The summed E-state index contributed by atoms with van der Waals surface area (Å²) < 4.78 is 0.775. The van der Waals surface area contributed by atoms with Crippen molar-refractivity contribution in [1.29, 1.82) is 0 Å². The summed E-state index contributed by atoms with van der Waals surface area (Å²) >= 11 is 3.24. The predicted molar refractivity (Wildman–Crippen MR) is 59.9 cm³/mol. The van der Waals surface area contributed by atoms with E-state index < -0.39 is 5.97 Å². The summed E-state index contributed by atoms with van der Waals surface area (Å²) in [7, 11) is 0.